The maximum atomic E-state index is 13.3. The van der Waals surface area contributed by atoms with Crippen LogP contribution < -0.4 is 10.6 Å². The summed E-state index contributed by atoms with van der Waals surface area (Å²) in [5.41, 5.74) is -0.0520. The number of halogens is 1. The quantitative estimate of drug-likeness (QED) is 0.587. The Labute approximate surface area is 122 Å². The Morgan fingerprint density at radius 2 is 1.76 bits per heavy atom. The van der Waals surface area contributed by atoms with Gasteiger partial charge in [-0.1, -0.05) is 12.1 Å². The molecule has 21 heavy (non-hydrogen) atoms. The van der Waals surface area contributed by atoms with Crippen molar-refractivity contribution in [3.05, 3.63) is 30.1 Å². The molecule has 0 bridgehead atoms. The van der Waals surface area contributed by atoms with E-state index in [4.69, 9.17) is 9.47 Å². The van der Waals surface area contributed by atoms with Gasteiger partial charge in [0.2, 0.25) is 0 Å². The topological polar surface area (TPSA) is 76.7 Å². The third-order valence-electron chi connectivity index (χ3n) is 2.46. The molecule has 2 amide bonds. The highest BCUT2D eigenvalue weighted by Crippen LogP contribution is 2.11. The summed E-state index contributed by atoms with van der Waals surface area (Å²) in [5, 5.41) is 4.56. The van der Waals surface area contributed by atoms with Crippen molar-refractivity contribution >= 4 is 17.5 Å². The number of rotatable bonds is 7. The molecule has 0 aliphatic rings. The van der Waals surface area contributed by atoms with Crippen molar-refractivity contribution < 1.29 is 23.5 Å². The van der Waals surface area contributed by atoms with E-state index in [0.29, 0.717) is 13.2 Å². The smallest absolute Gasteiger partial charge is 0.313 e. The first kappa shape index (κ1) is 17.1. The van der Waals surface area contributed by atoms with Crippen LogP contribution in [-0.2, 0) is 19.1 Å². The molecule has 0 saturated heterocycles. The molecule has 7 heteroatoms. The molecule has 0 unspecified atom stereocenters. The highest BCUT2D eigenvalue weighted by atomic mass is 19.1. The number of ether oxygens (including phenoxy) is 2. The lowest BCUT2D eigenvalue weighted by atomic mass is 10.3. The third kappa shape index (κ3) is 5.88. The predicted molar refractivity (Wildman–Crippen MR) is 75.1 cm³/mol. The molecule has 6 nitrogen and oxygen atoms in total. The second kappa shape index (κ2) is 9.04. The molecular formula is C14H19FN2O4. The molecule has 0 radical (unpaired) electrons. The van der Waals surface area contributed by atoms with Crippen molar-refractivity contribution in [2.75, 3.05) is 25.1 Å². The molecule has 1 aromatic carbocycles. The van der Waals surface area contributed by atoms with Crippen molar-refractivity contribution in [2.24, 2.45) is 0 Å². The normalized spacial score (nSPS) is 10.5. The number of amides is 2. The summed E-state index contributed by atoms with van der Waals surface area (Å²) in [5.74, 6) is -2.45. The summed E-state index contributed by atoms with van der Waals surface area (Å²) < 4.78 is 23.8. The number of anilines is 1. The van der Waals surface area contributed by atoms with Gasteiger partial charge in [0.1, 0.15) is 5.82 Å². The first-order chi connectivity index (χ1) is 10.1. The number of para-hydroxylation sites is 1. The molecule has 0 aromatic heterocycles. The predicted octanol–water partition coefficient (Wildman–Crippen LogP) is 1.28. The van der Waals surface area contributed by atoms with Gasteiger partial charge >= 0.3 is 11.8 Å². The van der Waals surface area contributed by atoms with Crippen LogP contribution in [-0.4, -0.2) is 37.9 Å². The van der Waals surface area contributed by atoms with E-state index in [-0.39, 0.29) is 12.2 Å². The molecule has 1 aromatic rings. The van der Waals surface area contributed by atoms with E-state index < -0.39 is 23.9 Å². The second-order valence-electron chi connectivity index (χ2n) is 3.98. The molecular weight excluding hydrogens is 279 g/mol. The fourth-order valence-corrected chi connectivity index (χ4v) is 1.54. The van der Waals surface area contributed by atoms with Crippen LogP contribution in [0.3, 0.4) is 0 Å². The standard InChI is InChI=1S/C14H19FN2O4/c1-3-20-12(21-4-2)9-16-13(18)14(19)17-11-8-6-5-7-10(11)15/h5-8,12H,3-4,9H2,1-2H3,(H,16,18)(H,17,19). The Bertz CT molecular complexity index is 476. The lowest BCUT2D eigenvalue weighted by Gasteiger charge is -2.17. The second-order valence-corrected chi connectivity index (χ2v) is 3.98. The molecule has 0 aliphatic carbocycles. The molecule has 0 spiro atoms. The minimum absolute atomic E-state index is 0.0329. The molecule has 1 rings (SSSR count). The van der Waals surface area contributed by atoms with Gasteiger partial charge in [-0.15, -0.1) is 0 Å². The Balaban J connectivity index is 2.47. The SMILES string of the molecule is CCOC(CNC(=O)C(=O)Nc1ccccc1F)OCC. The van der Waals surface area contributed by atoms with Crippen molar-refractivity contribution in [1.82, 2.24) is 5.32 Å². The molecule has 0 aliphatic heterocycles. The van der Waals surface area contributed by atoms with E-state index in [9.17, 15) is 14.0 Å². The molecule has 0 saturated carbocycles. The molecule has 116 valence electrons. The Hall–Kier alpha value is -1.99. The molecule has 0 atom stereocenters. The average Bonchev–Trinajstić information content (AvgIpc) is 2.47. The van der Waals surface area contributed by atoms with Crippen LogP contribution in [0.5, 0.6) is 0 Å². The van der Waals surface area contributed by atoms with E-state index in [2.05, 4.69) is 10.6 Å². The van der Waals surface area contributed by atoms with Crippen LogP contribution >= 0.6 is 0 Å². The van der Waals surface area contributed by atoms with Crippen LogP contribution in [0.25, 0.3) is 0 Å². The number of hydrogen-bond acceptors (Lipinski definition) is 4. The Morgan fingerprint density at radius 1 is 1.14 bits per heavy atom. The number of benzene rings is 1. The lowest BCUT2D eigenvalue weighted by Crippen LogP contribution is -2.41. The monoisotopic (exact) mass is 298 g/mol. The number of hydrogen-bond donors (Lipinski definition) is 2. The zero-order chi connectivity index (χ0) is 15.7. The van der Waals surface area contributed by atoms with E-state index in [0.717, 1.165) is 0 Å². The van der Waals surface area contributed by atoms with Crippen LogP contribution in [0.2, 0.25) is 0 Å². The lowest BCUT2D eigenvalue weighted by molar-refractivity contribution is -0.145. The first-order valence-corrected chi connectivity index (χ1v) is 6.65. The van der Waals surface area contributed by atoms with Crippen LogP contribution in [0.4, 0.5) is 10.1 Å². The largest absolute Gasteiger partial charge is 0.351 e. The van der Waals surface area contributed by atoms with Gasteiger partial charge in [-0.05, 0) is 26.0 Å². The third-order valence-corrected chi connectivity index (χ3v) is 2.46. The van der Waals surface area contributed by atoms with Crippen molar-refractivity contribution in [3.8, 4) is 0 Å². The van der Waals surface area contributed by atoms with Gasteiger partial charge in [0.25, 0.3) is 0 Å². The van der Waals surface area contributed by atoms with Gasteiger partial charge in [-0.3, -0.25) is 9.59 Å². The molecule has 0 heterocycles. The maximum Gasteiger partial charge on any atom is 0.313 e. The zero-order valence-corrected chi connectivity index (χ0v) is 12.0. The van der Waals surface area contributed by atoms with Gasteiger partial charge in [0.05, 0.1) is 12.2 Å². The van der Waals surface area contributed by atoms with Crippen LogP contribution in [0, 0.1) is 5.82 Å². The number of nitrogens with one attached hydrogen (secondary N) is 2. The van der Waals surface area contributed by atoms with Crippen molar-refractivity contribution in [2.45, 2.75) is 20.1 Å². The van der Waals surface area contributed by atoms with Crippen molar-refractivity contribution in [1.29, 1.82) is 0 Å². The summed E-state index contributed by atoms with van der Waals surface area (Å²) in [7, 11) is 0. The minimum atomic E-state index is -0.952. The van der Waals surface area contributed by atoms with Gasteiger partial charge in [0, 0.05) is 13.2 Å². The summed E-state index contributed by atoms with van der Waals surface area (Å²) in [6.45, 7) is 4.45. The summed E-state index contributed by atoms with van der Waals surface area (Å²) in [4.78, 5) is 23.2. The van der Waals surface area contributed by atoms with Gasteiger partial charge in [0.15, 0.2) is 6.29 Å². The molecule has 2 N–H and O–H groups in total. The highest BCUT2D eigenvalue weighted by molar-refractivity contribution is 6.39. The number of carbonyl (C=O) groups excluding carboxylic acids is 2. The first-order valence-electron chi connectivity index (χ1n) is 6.65. The van der Waals surface area contributed by atoms with E-state index >= 15 is 0 Å². The van der Waals surface area contributed by atoms with E-state index in [1.54, 1.807) is 19.9 Å². The zero-order valence-electron chi connectivity index (χ0n) is 12.0. The Kier molecular flexibility index (Phi) is 7.34. The fourth-order valence-electron chi connectivity index (χ4n) is 1.54. The summed E-state index contributed by atoms with van der Waals surface area (Å²) >= 11 is 0. The average molecular weight is 298 g/mol. The Morgan fingerprint density at radius 3 is 2.33 bits per heavy atom. The summed E-state index contributed by atoms with van der Waals surface area (Å²) in [6, 6.07) is 5.59. The van der Waals surface area contributed by atoms with Crippen LogP contribution in [0.15, 0.2) is 24.3 Å². The van der Waals surface area contributed by atoms with Gasteiger partial charge < -0.3 is 20.1 Å². The van der Waals surface area contributed by atoms with Crippen molar-refractivity contribution in [3.63, 3.8) is 0 Å². The highest BCUT2D eigenvalue weighted by Gasteiger charge is 2.17. The van der Waals surface area contributed by atoms with E-state index in [1.165, 1.54) is 18.2 Å². The molecule has 0 fully saturated rings. The maximum absolute atomic E-state index is 13.3. The fraction of sp³-hybridized carbons (Fsp3) is 0.429. The number of carbonyl (C=O) groups is 2. The van der Waals surface area contributed by atoms with Gasteiger partial charge in [-0.2, -0.15) is 0 Å². The summed E-state index contributed by atoms with van der Waals surface area (Å²) in [6.07, 6.45) is -0.620. The van der Waals surface area contributed by atoms with Gasteiger partial charge in [-0.25, -0.2) is 4.39 Å². The van der Waals surface area contributed by atoms with E-state index in [1.807, 2.05) is 0 Å². The minimum Gasteiger partial charge on any atom is -0.351 e. The van der Waals surface area contributed by atoms with Crippen LogP contribution in [0.1, 0.15) is 13.8 Å².